The zero-order chi connectivity index (χ0) is 12.1. The first-order valence-corrected chi connectivity index (χ1v) is 6.15. The largest absolute Gasteiger partial charge is 0.369 e. The van der Waals surface area contributed by atoms with Crippen LogP contribution in [0.5, 0.6) is 0 Å². The van der Waals surface area contributed by atoms with Crippen LogP contribution in [0.1, 0.15) is 39.5 Å². The SMILES string of the molecule is CC(C)OCC(=O)N(C)C1CCCCC1N. The van der Waals surface area contributed by atoms with Crippen LogP contribution in [0.3, 0.4) is 0 Å². The lowest BCUT2D eigenvalue weighted by Gasteiger charge is -2.36. The molecule has 0 aliphatic heterocycles. The van der Waals surface area contributed by atoms with Gasteiger partial charge in [-0.15, -0.1) is 0 Å². The molecule has 0 aromatic carbocycles. The lowest BCUT2D eigenvalue weighted by atomic mass is 9.90. The third kappa shape index (κ3) is 3.76. The van der Waals surface area contributed by atoms with Crippen molar-refractivity contribution in [1.82, 2.24) is 4.90 Å². The second-order valence-corrected chi connectivity index (χ2v) is 4.88. The van der Waals surface area contributed by atoms with E-state index < -0.39 is 0 Å². The Labute approximate surface area is 98.1 Å². The Bertz CT molecular complexity index is 231. The molecule has 1 fully saturated rings. The average Bonchev–Trinajstić information content (AvgIpc) is 2.25. The van der Waals surface area contributed by atoms with Gasteiger partial charge in [-0.1, -0.05) is 12.8 Å². The van der Waals surface area contributed by atoms with Gasteiger partial charge in [0.2, 0.25) is 5.91 Å². The first kappa shape index (κ1) is 13.5. The minimum atomic E-state index is 0.0380. The summed E-state index contributed by atoms with van der Waals surface area (Å²) in [5, 5.41) is 0. The van der Waals surface area contributed by atoms with E-state index in [1.807, 2.05) is 20.9 Å². The lowest BCUT2D eigenvalue weighted by Crippen LogP contribution is -2.51. The summed E-state index contributed by atoms with van der Waals surface area (Å²) in [6.07, 6.45) is 4.49. The van der Waals surface area contributed by atoms with Gasteiger partial charge in [-0.2, -0.15) is 0 Å². The van der Waals surface area contributed by atoms with Crippen LogP contribution < -0.4 is 5.73 Å². The summed E-state index contributed by atoms with van der Waals surface area (Å²) in [4.78, 5) is 13.6. The van der Waals surface area contributed by atoms with Crippen molar-refractivity contribution in [3.8, 4) is 0 Å². The molecule has 1 aliphatic rings. The molecule has 1 amide bonds. The summed E-state index contributed by atoms with van der Waals surface area (Å²) in [5.41, 5.74) is 6.04. The summed E-state index contributed by atoms with van der Waals surface area (Å²) in [7, 11) is 1.84. The van der Waals surface area contributed by atoms with Crippen LogP contribution in [-0.4, -0.2) is 42.6 Å². The van der Waals surface area contributed by atoms with Crippen LogP contribution in [0.25, 0.3) is 0 Å². The summed E-state index contributed by atoms with van der Waals surface area (Å²) in [6, 6.07) is 0.318. The van der Waals surface area contributed by atoms with Gasteiger partial charge >= 0.3 is 0 Å². The molecule has 0 aromatic rings. The van der Waals surface area contributed by atoms with Crippen molar-refractivity contribution >= 4 is 5.91 Å². The van der Waals surface area contributed by atoms with E-state index in [0.29, 0.717) is 0 Å². The zero-order valence-corrected chi connectivity index (χ0v) is 10.6. The van der Waals surface area contributed by atoms with E-state index in [2.05, 4.69) is 0 Å². The monoisotopic (exact) mass is 228 g/mol. The molecule has 0 spiro atoms. The first-order valence-electron chi connectivity index (χ1n) is 6.15. The van der Waals surface area contributed by atoms with Crippen molar-refractivity contribution in [2.45, 2.75) is 57.7 Å². The van der Waals surface area contributed by atoms with Crippen molar-refractivity contribution in [2.75, 3.05) is 13.7 Å². The van der Waals surface area contributed by atoms with Gasteiger partial charge < -0.3 is 15.4 Å². The fourth-order valence-corrected chi connectivity index (χ4v) is 2.15. The molecule has 0 saturated heterocycles. The van der Waals surface area contributed by atoms with Crippen LogP contribution in [0.2, 0.25) is 0 Å². The third-order valence-electron chi connectivity index (χ3n) is 3.21. The second-order valence-electron chi connectivity index (χ2n) is 4.88. The molecule has 4 nitrogen and oxygen atoms in total. The van der Waals surface area contributed by atoms with Gasteiger partial charge in [0.15, 0.2) is 0 Å². The molecular weight excluding hydrogens is 204 g/mol. The molecule has 16 heavy (non-hydrogen) atoms. The fraction of sp³-hybridized carbons (Fsp3) is 0.917. The Morgan fingerprint density at radius 3 is 2.62 bits per heavy atom. The van der Waals surface area contributed by atoms with Gasteiger partial charge in [0.1, 0.15) is 6.61 Å². The van der Waals surface area contributed by atoms with Crippen molar-refractivity contribution < 1.29 is 9.53 Å². The number of nitrogens with zero attached hydrogens (tertiary/aromatic N) is 1. The number of likely N-dealkylation sites (N-methyl/N-ethyl adjacent to an activating group) is 1. The number of amides is 1. The molecule has 2 atom stereocenters. The molecule has 1 saturated carbocycles. The minimum Gasteiger partial charge on any atom is -0.369 e. The van der Waals surface area contributed by atoms with E-state index >= 15 is 0 Å². The Morgan fingerprint density at radius 1 is 1.44 bits per heavy atom. The maximum absolute atomic E-state index is 11.8. The Balaban J connectivity index is 2.42. The van der Waals surface area contributed by atoms with Gasteiger partial charge in [-0.3, -0.25) is 4.79 Å². The molecule has 94 valence electrons. The van der Waals surface area contributed by atoms with Gasteiger partial charge in [-0.05, 0) is 26.7 Å². The van der Waals surface area contributed by atoms with Gasteiger partial charge in [0.25, 0.3) is 0 Å². The number of hydrogen-bond acceptors (Lipinski definition) is 3. The number of carbonyl (C=O) groups excluding carboxylic acids is 1. The lowest BCUT2D eigenvalue weighted by molar-refractivity contribution is -0.139. The van der Waals surface area contributed by atoms with Crippen LogP contribution in [0, 0.1) is 0 Å². The molecule has 0 heterocycles. The quantitative estimate of drug-likeness (QED) is 0.785. The van der Waals surface area contributed by atoms with Crippen molar-refractivity contribution in [3.63, 3.8) is 0 Å². The molecular formula is C12H24N2O2. The zero-order valence-electron chi connectivity index (χ0n) is 10.6. The molecule has 0 bridgehead atoms. The van der Waals surface area contributed by atoms with Gasteiger partial charge in [0, 0.05) is 19.1 Å². The molecule has 1 rings (SSSR count). The van der Waals surface area contributed by atoms with E-state index in [9.17, 15) is 4.79 Å². The third-order valence-corrected chi connectivity index (χ3v) is 3.21. The number of hydrogen-bond donors (Lipinski definition) is 1. The molecule has 0 radical (unpaired) electrons. The predicted octanol–water partition coefficient (Wildman–Crippen LogP) is 1.14. The van der Waals surface area contributed by atoms with Crippen LogP contribution in [0.4, 0.5) is 0 Å². The summed E-state index contributed by atoms with van der Waals surface area (Å²) < 4.78 is 5.32. The standard InChI is InChI=1S/C12H24N2O2/c1-9(2)16-8-12(15)14(3)11-7-5-4-6-10(11)13/h9-11H,4-8,13H2,1-3H3. The molecule has 4 heteroatoms. The number of nitrogens with two attached hydrogens (primary N) is 1. The highest BCUT2D eigenvalue weighted by Crippen LogP contribution is 2.21. The Kier molecular flexibility index (Phi) is 5.22. The van der Waals surface area contributed by atoms with E-state index in [0.717, 1.165) is 12.8 Å². The topological polar surface area (TPSA) is 55.6 Å². The van der Waals surface area contributed by atoms with E-state index in [4.69, 9.17) is 10.5 Å². The van der Waals surface area contributed by atoms with Crippen molar-refractivity contribution in [1.29, 1.82) is 0 Å². The fourth-order valence-electron chi connectivity index (χ4n) is 2.15. The predicted molar refractivity (Wildman–Crippen MR) is 64.1 cm³/mol. The van der Waals surface area contributed by atoms with E-state index in [1.54, 1.807) is 4.90 Å². The number of ether oxygens (including phenoxy) is 1. The Hall–Kier alpha value is -0.610. The summed E-state index contributed by atoms with van der Waals surface area (Å²) >= 11 is 0. The maximum Gasteiger partial charge on any atom is 0.248 e. The highest BCUT2D eigenvalue weighted by molar-refractivity contribution is 5.77. The van der Waals surface area contributed by atoms with E-state index in [-0.39, 0.29) is 30.7 Å². The summed E-state index contributed by atoms with van der Waals surface area (Å²) in [6.45, 7) is 4.02. The van der Waals surface area contributed by atoms with Gasteiger partial charge in [0.05, 0.1) is 6.10 Å². The molecule has 2 unspecified atom stereocenters. The normalized spacial score (nSPS) is 25.8. The van der Waals surface area contributed by atoms with Crippen molar-refractivity contribution in [2.24, 2.45) is 5.73 Å². The molecule has 2 N–H and O–H groups in total. The number of rotatable bonds is 4. The second kappa shape index (κ2) is 6.21. The van der Waals surface area contributed by atoms with E-state index in [1.165, 1.54) is 12.8 Å². The van der Waals surface area contributed by atoms with Crippen LogP contribution in [0.15, 0.2) is 0 Å². The van der Waals surface area contributed by atoms with Gasteiger partial charge in [-0.25, -0.2) is 0 Å². The maximum atomic E-state index is 11.8. The molecule has 1 aliphatic carbocycles. The minimum absolute atomic E-state index is 0.0380. The van der Waals surface area contributed by atoms with Crippen molar-refractivity contribution in [3.05, 3.63) is 0 Å². The highest BCUT2D eigenvalue weighted by Gasteiger charge is 2.28. The molecule has 0 aromatic heterocycles. The smallest absolute Gasteiger partial charge is 0.248 e. The first-order chi connectivity index (χ1) is 7.52. The highest BCUT2D eigenvalue weighted by atomic mass is 16.5. The van der Waals surface area contributed by atoms with Crippen LogP contribution >= 0.6 is 0 Å². The van der Waals surface area contributed by atoms with Crippen LogP contribution in [-0.2, 0) is 9.53 Å². The Morgan fingerprint density at radius 2 is 2.06 bits per heavy atom. The average molecular weight is 228 g/mol. The summed E-state index contributed by atoms with van der Waals surface area (Å²) in [5.74, 6) is 0.0380. The number of carbonyl (C=O) groups is 1.